The van der Waals surface area contributed by atoms with E-state index in [1.54, 1.807) is 12.1 Å². The highest BCUT2D eigenvalue weighted by Gasteiger charge is 2.17. The second kappa shape index (κ2) is 4.84. The van der Waals surface area contributed by atoms with Crippen LogP contribution in [0.15, 0.2) is 30.5 Å². The maximum Gasteiger partial charge on any atom is 0.329 e. The molecule has 2 N–H and O–H groups in total. The Morgan fingerprint density at radius 3 is 2.89 bits per heavy atom. The molecule has 92 valence electrons. The summed E-state index contributed by atoms with van der Waals surface area (Å²) < 4.78 is 0. The molecule has 0 amide bonds. The average Bonchev–Trinajstić information content (AvgIpc) is 2.28. The topological polar surface area (TPSA) is 101 Å². The molecule has 0 saturated heterocycles. The van der Waals surface area contributed by atoms with Gasteiger partial charge in [-0.2, -0.15) is 4.98 Å². The Kier molecular flexibility index (Phi) is 3.24. The number of anilines is 2. The van der Waals surface area contributed by atoms with Crippen molar-refractivity contribution in [3.63, 3.8) is 0 Å². The fourth-order valence-electron chi connectivity index (χ4n) is 1.30. The molecule has 0 aliphatic heterocycles. The van der Waals surface area contributed by atoms with Gasteiger partial charge in [-0.15, -0.1) is 0 Å². The molecule has 0 aliphatic carbocycles. The van der Waals surface area contributed by atoms with Gasteiger partial charge in [0.2, 0.25) is 11.1 Å². The van der Waals surface area contributed by atoms with Crippen LogP contribution >= 0.6 is 11.6 Å². The number of nitrogens with zero attached hydrogens (tertiary/aromatic N) is 3. The first-order valence-corrected chi connectivity index (χ1v) is 5.17. The summed E-state index contributed by atoms with van der Waals surface area (Å²) in [6, 6.07) is 6.10. The summed E-state index contributed by atoms with van der Waals surface area (Å²) >= 11 is 5.58. The van der Waals surface area contributed by atoms with E-state index in [2.05, 4.69) is 15.3 Å². The van der Waals surface area contributed by atoms with Gasteiger partial charge in [0.25, 0.3) is 0 Å². The molecule has 1 aromatic carbocycles. The molecule has 0 aliphatic rings. The van der Waals surface area contributed by atoms with Crippen LogP contribution in [-0.4, -0.2) is 20.0 Å². The van der Waals surface area contributed by atoms with Gasteiger partial charge in [-0.05, 0) is 23.7 Å². The number of hydrogen-bond acceptors (Lipinski definition) is 6. The van der Waals surface area contributed by atoms with E-state index in [9.17, 15) is 15.2 Å². The predicted octanol–water partition coefficient (Wildman–Crippen LogP) is 2.49. The van der Waals surface area contributed by atoms with Gasteiger partial charge < -0.3 is 10.4 Å². The van der Waals surface area contributed by atoms with Crippen molar-refractivity contribution in [1.82, 2.24) is 9.97 Å². The van der Waals surface area contributed by atoms with Gasteiger partial charge in [0.15, 0.2) is 0 Å². The van der Waals surface area contributed by atoms with Crippen LogP contribution in [0, 0.1) is 10.1 Å². The van der Waals surface area contributed by atoms with E-state index in [4.69, 9.17) is 11.6 Å². The molecule has 1 heterocycles. The molecule has 0 saturated carbocycles. The molecule has 7 nitrogen and oxygen atoms in total. The number of phenols is 1. The summed E-state index contributed by atoms with van der Waals surface area (Å²) in [7, 11) is 0. The summed E-state index contributed by atoms with van der Waals surface area (Å²) in [5.41, 5.74) is 0.149. The monoisotopic (exact) mass is 266 g/mol. The molecule has 1 aromatic heterocycles. The van der Waals surface area contributed by atoms with Crippen LogP contribution in [0.3, 0.4) is 0 Å². The standard InChI is InChI=1S/C10H7ClN4O3/c11-10-12-5-8(15(17)18)9(14-10)13-6-2-1-3-7(16)4-6/h1-5,16H,(H,12,13,14). The van der Waals surface area contributed by atoms with Gasteiger partial charge in [0.05, 0.1) is 4.92 Å². The molecule has 2 aromatic rings. The number of nitro groups is 1. The summed E-state index contributed by atoms with van der Waals surface area (Å²) in [5.74, 6) is -0.00611. The minimum Gasteiger partial charge on any atom is -0.508 e. The fourth-order valence-corrected chi connectivity index (χ4v) is 1.43. The first-order valence-electron chi connectivity index (χ1n) is 4.79. The highest BCUT2D eigenvalue weighted by Crippen LogP contribution is 2.26. The van der Waals surface area contributed by atoms with E-state index in [0.717, 1.165) is 6.20 Å². The van der Waals surface area contributed by atoms with Crippen LogP contribution in [-0.2, 0) is 0 Å². The molecule has 0 spiro atoms. The summed E-state index contributed by atoms with van der Waals surface area (Å²) in [6.07, 6.45) is 1.01. The number of nitrogens with one attached hydrogen (secondary N) is 1. The zero-order valence-corrected chi connectivity index (χ0v) is 9.63. The van der Waals surface area contributed by atoms with Crippen LogP contribution in [0.25, 0.3) is 0 Å². The van der Waals surface area contributed by atoms with E-state index in [-0.39, 0.29) is 22.5 Å². The Labute approximate surface area is 106 Å². The number of phenolic OH excluding ortho intramolecular Hbond substituents is 1. The first kappa shape index (κ1) is 12.1. The molecule has 0 fully saturated rings. The van der Waals surface area contributed by atoms with E-state index in [1.165, 1.54) is 12.1 Å². The zero-order valence-electron chi connectivity index (χ0n) is 8.87. The Morgan fingerprint density at radius 1 is 1.44 bits per heavy atom. The van der Waals surface area contributed by atoms with Crippen molar-refractivity contribution in [3.8, 4) is 5.75 Å². The van der Waals surface area contributed by atoms with Crippen LogP contribution in [0.4, 0.5) is 17.2 Å². The largest absolute Gasteiger partial charge is 0.508 e. The third-order valence-corrected chi connectivity index (χ3v) is 2.23. The second-order valence-electron chi connectivity index (χ2n) is 3.31. The third-order valence-electron chi connectivity index (χ3n) is 2.05. The van der Waals surface area contributed by atoms with Gasteiger partial charge in [-0.25, -0.2) is 4.98 Å². The average molecular weight is 267 g/mol. The maximum atomic E-state index is 10.8. The highest BCUT2D eigenvalue weighted by atomic mass is 35.5. The van der Waals surface area contributed by atoms with Gasteiger partial charge >= 0.3 is 5.69 Å². The molecule has 2 rings (SSSR count). The van der Waals surface area contributed by atoms with Crippen molar-refractivity contribution in [2.45, 2.75) is 0 Å². The number of aromatic hydroxyl groups is 1. The van der Waals surface area contributed by atoms with Gasteiger partial charge in [-0.3, -0.25) is 10.1 Å². The summed E-state index contributed by atoms with van der Waals surface area (Å²) in [6.45, 7) is 0. The number of benzene rings is 1. The van der Waals surface area contributed by atoms with Crippen molar-refractivity contribution >= 4 is 28.8 Å². The van der Waals surface area contributed by atoms with E-state index < -0.39 is 4.92 Å². The quantitative estimate of drug-likeness (QED) is 0.503. The van der Waals surface area contributed by atoms with Crippen molar-refractivity contribution in [3.05, 3.63) is 45.9 Å². The van der Waals surface area contributed by atoms with Crippen molar-refractivity contribution in [2.24, 2.45) is 0 Å². The molecule has 0 bridgehead atoms. The fraction of sp³-hybridized carbons (Fsp3) is 0. The lowest BCUT2D eigenvalue weighted by molar-refractivity contribution is -0.384. The van der Waals surface area contributed by atoms with Crippen LogP contribution in [0.5, 0.6) is 5.75 Å². The molecule has 0 radical (unpaired) electrons. The predicted molar refractivity (Wildman–Crippen MR) is 65.1 cm³/mol. The number of rotatable bonds is 3. The van der Waals surface area contributed by atoms with Gasteiger partial charge in [0, 0.05) is 11.8 Å². The van der Waals surface area contributed by atoms with Crippen molar-refractivity contribution in [1.29, 1.82) is 0 Å². The third kappa shape index (κ3) is 2.64. The second-order valence-corrected chi connectivity index (χ2v) is 3.64. The number of aromatic nitrogens is 2. The van der Waals surface area contributed by atoms with Crippen molar-refractivity contribution in [2.75, 3.05) is 5.32 Å². The summed E-state index contributed by atoms with van der Waals surface area (Å²) in [4.78, 5) is 17.4. The van der Waals surface area contributed by atoms with Gasteiger partial charge in [0.1, 0.15) is 11.9 Å². The Balaban J connectivity index is 2.39. The molecule has 0 atom stereocenters. The lowest BCUT2D eigenvalue weighted by Crippen LogP contribution is -2.01. The molecular formula is C10H7ClN4O3. The van der Waals surface area contributed by atoms with E-state index in [0.29, 0.717) is 5.69 Å². The minimum atomic E-state index is -0.624. The Bertz CT molecular complexity index is 605. The zero-order chi connectivity index (χ0) is 13.1. The highest BCUT2D eigenvalue weighted by molar-refractivity contribution is 6.28. The molecule has 18 heavy (non-hydrogen) atoms. The lowest BCUT2D eigenvalue weighted by Gasteiger charge is -2.06. The Hall–Kier alpha value is -2.41. The molecule has 0 unspecified atom stereocenters. The van der Waals surface area contributed by atoms with E-state index in [1.807, 2.05) is 0 Å². The normalized spacial score (nSPS) is 10.1. The van der Waals surface area contributed by atoms with Crippen LogP contribution in [0.2, 0.25) is 5.28 Å². The SMILES string of the molecule is O=[N+]([O-])c1cnc(Cl)nc1Nc1cccc(O)c1. The van der Waals surface area contributed by atoms with Crippen molar-refractivity contribution < 1.29 is 10.0 Å². The van der Waals surface area contributed by atoms with E-state index >= 15 is 0 Å². The Morgan fingerprint density at radius 2 is 2.22 bits per heavy atom. The van der Waals surface area contributed by atoms with Crippen LogP contribution in [0.1, 0.15) is 0 Å². The number of hydrogen-bond donors (Lipinski definition) is 2. The first-order chi connectivity index (χ1) is 8.56. The maximum absolute atomic E-state index is 10.8. The molecule has 8 heteroatoms. The van der Waals surface area contributed by atoms with Crippen LogP contribution < -0.4 is 5.32 Å². The number of halogens is 1. The summed E-state index contributed by atoms with van der Waals surface area (Å²) in [5, 5.41) is 22.7. The minimum absolute atomic E-state index is 0.0304. The lowest BCUT2D eigenvalue weighted by atomic mass is 10.3. The van der Waals surface area contributed by atoms with Gasteiger partial charge in [-0.1, -0.05) is 6.07 Å². The molecular weight excluding hydrogens is 260 g/mol. The smallest absolute Gasteiger partial charge is 0.329 e.